The minimum absolute atomic E-state index is 0.00158. The fourth-order valence-corrected chi connectivity index (χ4v) is 1.39. The van der Waals surface area contributed by atoms with Gasteiger partial charge < -0.3 is 15.8 Å². The van der Waals surface area contributed by atoms with Crippen molar-refractivity contribution in [1.29, 1.82) is 0 Å². The molecule has 0 fully saturated rings. The number of urea groups is 1. The van der Waals surface area contributed by atoms with Gasteiger partial charge in [0.2, 0.25) is 0 Å². The third-order valence-electron chi connectivity index (χ3n) is 2.51. The Hall–Kier alpha value is -2.15. The van der Waals surface area contributed by atoms with Crippen LogP contribution in [0.4, 0.5) is 9.18 Å². The van der Waals surface area contributed by atoms with E-state index in [9.17, 15) is 14.0 Å². The molecule has 0 aliphatic rings. The maximum absolute atomic E-state index is 13.7. The molecule has 7 heteroatoms. The summed E-state index contributed by atoms with van der Waals surface area (Å²) in [5, 5.41) is 4.79. The molecule has 0 aliphatic carbocycles. The lowest BCUT2D eigenvalue weighted by atomic mass is 10.1. The van der Waals surface area contributed by atoms with E-state index in [0.29, 0.717) is 0 Å². The molecule has 0 bridgehead atoms. The predicted molar refractivity (Wildman–Crippen MR) is 67.1 cm³/mol. The quantitative estimate of drug-likeness (QED) is 0.732. The highest BCUT2D eigenvalue weighted by atomic mass is 19.1. The summed E-state index contributed by atoms with van der Waals surface area (Å²) in [6, 6.07) is 3.46. The zero-order valence-corrected chi connectivity index (χ0v) is 10.7. The van der Waals surface area contributed by atoms with Crippen LogP contribution in [0.2, 0.25) is 0 Å². The van der Waals surface area contributed by atoms with Crippen molar-refractivity contribution in [3.63, 3.8) is 0 Å². The molecule has 1 aromatic rings. The van der Waals surface area contributed by atoms with Gasteiger partial charge in [0, 0.05) is 6.04 Å². The Labute approximate surface area is 110 Å². The van der Waals surface area contributed by atoms with Gasteiger partial charge in [0.05, 0.1) is 0 Å². The average Bonchev–Trinajstić information content (AvgIpc) is 2.35. The number of primary amides is 1. The zero-order chi connectivity index (χ0) is 14.4. The standard InChI is InChI=1S/C12H16FN3O3/c1-7(15-2)8-3-4-10(9(13)5-8)19-6-11(17)16-12(14)18/h3-5,7,15H,6H2,1-2H3,(H3,14,16,17,18). The largest absolute Gasteiger partial charge is 0.481 e. The molecule has 0 heterocycles. The van der Waals surface area contributed by atoms with E-state index >= 15 is 0 Å². The minimum Gasteiger partial charge on any atom is -0.481 e. The second kappa shape index (κ2) is 6.69. The fourth-order valence-electron chi connectivity index (χ4n) is 1.39. The summed E-state index contributed by atoms with van der Waals surface area (Å²) < 4.78 is 18.6. The molecule has 0 radical (unpaired) electrons. The second-order valence-corrected chi connectivity index (χ2v) is 3.90. The van der Waals surface area contributed by atoms with Gasteiger partial charge in [-0.15, -0.1) is 0 Å². The number of halogens is 1. The van der Waals surface area contributed by atoms with E-state index in [4.69, 9.17) is 10.5 Å². The van der Waals surface area contributed by atoms with Crippen LogP contribution in [0.15, 0.2) is 18.2 Å². The van der Waals surface area contributed by atoms with Crippen molar-refractivity contribution >= 4 is 11.9 Å². The Morgan fingerprint density at radius 2 is 2.16 bits per heavy atom. The van der Waals surface area contributed by atoms with Crippen molar-refractivity contribution in [2.75, 3.05) is 13.7 Å². The molecule has 3 amide bonds. The number of hydrogen-bond acceptors (Lipinski definition) is 4. The van der Waals surface area contributed by atoms with Crippen LogP contribution >= 0.6 is 0 Å². The molecule has 1 atom stereocenters. The van der Waals surface area contributed by atoms with Crippen LogP contribution < -0.4 is 21.1 Å². The third-order valence-corrected chi connectivity index (χ3v) is 2.51. The first-order chi connectivity index (χ1) is 8.93. The SMILES string of the molecule is CNC(C)c1ccc(OCC(=O)NC(N)=O)c(F)c1. The molecule has 104 valence electrons. The summed E-state index contributed by atoms with van der Waals surface area (Å²) in [4.78, 5) is 21.5. The molecular formula is C12H16FN3O3. The molecule has 19 heavy (non-hydrogen) atoms. The molecular weight excluding hydrogens is 253 g/mol. The second-order valence-electron chi connectivity index (χ2n) is 3.90. The van der Waals surface area contributed by atoms with Crippen LogP contribution in [0, 0.1) is 5.82 Å². The van der Waals surface area contributed by atoms with E-state index in [2.05, 4.69) is 5.32 Å². The number of rotatable bonds is 5. The lowest BCUT2D eigenvalue weighted by Gasteiger charge is -2.12. The topological polar surface area (TPSA) is 93.4 Å². The highest BCUT2D eigenvalue weighted by Gasteiger charge is 2.11. The first-order valence-corrected chi connectivity index (χ1v) is 5.62. The number of nitrogens with two attached hydrogens (primary N) is 1. The molecule has 0 saturated carbocycles. The van der Waals surface area contributed by atoms with Crippen LogP contribution in [0.5, 0.6) is 5.75 Å². The Bertz CT molecular complexity index is 479. The van der Waals surface area contributed by atoms with Crippen LogP contribution in [0.1, 0.15) is 18.5 Å². The number of hydrogen-bond donors (Lipinski definition) is 3. The molecule has 1 aromatic carbocycles. The summed E-state index contributed by atoms with van der Waals surface area (Å²) in [7, 11) is 1.77. The zero-order valence-electron chi connectivity index (χ0n) is 10.7. The summed E-state index contributed by atoms with van der Waals surface area (Å²) in [6.45, 7) is 1.40. The van der Waals surface area contributed by atoms with E-state index in [0.717, 1.165) is 5.56 Å². The lowest BCUT2D eigenvalue weighted by molar-refractivity contribution is -0.121. The number of imide groups is 1. The first kappa shape index (κ1) is 14.9. The van der Waals surface area contributed by atoms with Gasteiger partial charge in [0.25, 0.3) is 5.91 Å². The van der Waals surface area contributed by atoms with Gasteiger partial charge >= 0.3 is 6.03 Å². The summed E-state index contributed by atoms with van der Waals surface area (Å²) >= 11 is 0. The average molecular weight is 269 g/mol. The third kappa shape index (κ3) is 4.55. The number of carbonyl (C=O) groups is 2. The molecule has 0 spiro atoms. The Balaban J connectivity index is 2.65. The minimum atomic E-state index is -0.979. The van der Waals surface area contributed by atoms with Crippen LogP contribution in [-0.2, 0) is 4.79 Å². The van der Waals surface area contributed by atoms with Gasteiger partial charge in [-0.05, 0) is 31.7 Å². The van der Waals surface area contributed by atoms with E-state index in [1.54, 1.807) is 13.1 Å². The van der Waals surface area contributed by atoms with Gasteiger partial charge in [-0.25, -0.2) is 9.18 Å². The number of amides is 3. The van der Waals surface area contributed by atoms with Crippen LogP contribution in [-0.4, -0.2) is 25.6 Å². The molecule has 0 saturated heterocycles. The van der Waals surface area contributed by atoms with E-state index in [1.165, 1.54) is 12.1 Å². The van der Waals surface area contributed by atoms with Crippen LogP contribution in [0.3, 0.4) is 0 Å². The fraction of sp³-hybridized carbons (Fsp3) is 0.333. The maximum Gasteiger partial charge on any atom is 0.318 e. The smallest absolute Gasteiger partial charge is 0.318 e. The van der Waals surface area contributed by atoms with E-state index in [1.807, 2.05) is 12.2 Å². The lowest BCUT2D eigenvalue weighted by Crippen LogP contribution is -2.38. The normalized spacial score (nSPS) is 11.7. The summed E-state index contributed by atoms with van der Waals surface area (Å²) in [5.41, 5.74) is 5.51. The van der Waals surface area contributed by atoms with Gasteiger partial charge in [-0.1, -0.05) is 6.07 Å². The van der Waals surface area contributed by atoms with Gasteiger partial charge in [0.1, 0.15) is 0 Å². The highest BCUT2D eigenvalue weighted by molar-refractivity contribution is 5.94. The summed E-state index contributed by atoms with van der Waals surface area (Å²) in [5.74, 6) is -1.38. The number of carbonyl (C=O) groups excluding carboxylic acids is 2. The maximum atomic E-state index is 13.7. The van der Waals surface area contributed by atoms with Crippen molar-refractivity contribution in [3.8, 4) is 5.75 Å². The Morgan fingerprint density at radius 1 is 1.47 bits per heavy atom. The van der Waals surface area contributed by atoms with Gasteiger partial charge in [-0.3, -0.25) is 10.1 Å². The van der Waals surface area contributed by atoms with Gasteiger partial charge in [-0.2, -0.15) is 0 Å². The Morgan fingerprint density at radius 3 is 2.68 bits per heavy atom. The predicted octanol–water partition coefficient (Wildman–Crippen LogP) is 0.680. The molecule has 6 nitrogen and oxygen atoms in total. The Kier molecular flexibility index (Phi) is 5.25. The van der Waals surface area contributed by atoms with Crippen molar-refractivity contribution in [2.45, 2.75) is 13.0 Å². The number of nitrogens with one attached hydrogen (secondary N) is 2. The highest BCUT2D eigenvalue weighted by Crippen LogP contribution is 2.21. The first-order valence-electron chi connectivity index (χ1n) is 5.62. The molecule has 1 rings (SSSR count). The van der Waals surface area contributed by atoms with Crippen LogP contribution in [0.25, 0.3) is 0 Å². The van der Waals surface area contributed by atoms with Crippen molar-refractivity contribution in [3.05, 3.63) is 29.6 Å². The van der Waals surface area contributed by atoms with Crippen molar-refractivity contribution in [2.24, 2.45) is 5.73 Å². The monoisotopic (exact) mass is 269 g/mol. The van der Waals surface area contributed by atoms with E-state index in [-0.39, 0.29) is 11.8 Å². The molecule has 0 aliphatic heterocycles. The number of benzene rings is 1. The number of ether oxygens (including phenoxy) is 1. The van der Waals surface area contributed by atoms with Crippen molar-refractivity contribution < 1.29 is 18.7 Å². The summed E-state index contributed by atoms with van der Waals surface area (Å²) in [6.07, 6.45) is 0. The molecule has 1 unspecified atom stereocenters. The van der Waals surface area contributed by atoms with Gasteiger partial charge in [0.15, 0.2) is 18.2 Å². The van der Waals surface area contributed by atoms with E-state index < -0.39 is 24.4 Å². The van der Waals surface area contributed by atoms with Crippen molar-refractivity contribution in [1.82, 2.24) is 10.6 Å². The molecule has 0 aromatic heterocycles. The molecule has 4 N–H and O–H groups in total.